The topological polar surface area (TPSA) is 51.2 Å². The predicted octanol–water partition coefficient (Wildman–Crippen LogP) is 6.18. The number of benzene rings is 4. The van der Waals surface area contributed by atoms with Crippen molar-refractivity contribution in [2.24, 2.45) is 0 Å². The van der Waals surface area contributed by atoms with E-state index < -0.39 is 5.60 Å². The third-order valence-corrected chi connectivity index (χ3v) is 7.59. The van der Waals surface area contributed by atoms with E-state index in [1.165, 1.54) is 0 Å². The number of hydrogen-bond acceptors (Lipinski definition) is 5. The first-order chi connectivity index (χ1) is 19.7. The highest BCUT2D eigenvalue weighted by Gasteiger charge is 2.48. The van der Waals surface area contributed by atoms with Gasteiger partial charge in [-0.25, -0.2) is 0 Å². The highest BCUT2D eigenvalue weighted by molar-refractivity contribution is 5.21. The summed E-state index contributed by atoms with van der Waals surface area (Å²) in [4.78, 5) is 2.36. The number of aliphatic hydroxyl groups excluding tert-OH is 1. The summed E-state index contributed by atoms with van der Waals surface area (Å²) < 4.78 is 19.4. The van der Waals surface area contributed by atoms with Gasteiger partial charge in [0.05, 0.1) is 45.7 Å². The Hall–Kier alpha value is -3.32. The van der Waals surface area contributed by atoms with Crippen LogP contribution in [0.1, 0.15) is 34.7 Å². The summed E-state index contributed by atoms with van der Waals surface area (Å²) in [5, 5.41) is 10.6. The lowest BCUT2D eigenvalue weighted by atomic mass is 10.0. The average molecular weight is 538 g/mol. The molecule has 3 atom stereocenters. The molecule has 1 heterocycles. The molecule has 0 saturated carbocycles. The van der Waals surface area contributed by atoms with Crippen molar-refractivity contribution in [1.82, 2.24) is 4.90 Å². The van der Waals surface area contributed by atoms with E-state index in [2.05, 4.69) is 53.4 Å². The highest BCUT2D eigenvalue weighted by atomic mass is 16.5. The maximum Gasteiger partial charge on any atom is 0.106 e. The minimum absolute atomic E-state index is 0.0127. The maximum absolute atomic E-state index is 10.6. The van der Waals surface area contributed by atoms with Gasteiger partial charge in [0.2, 0.25) is 0 Å². The number of rotatable bonds is 14. The van der Waals surface area contributed by atoms with Crippen LogP contribution >= 0.6 is 0 Å². The number of nitrogens with zero attached hydrogens (tertiary/aromatic N) is 1. The molecule has 5 rings (SSSR count). The number of aliphatic hydroxyl groups is 1. The van der Waals surface area contributed by atoms with Gasteiger partial charge in [-0.3, -0.25) is 4.90 Å². The van der Waals surface area contributed by atoms with Crippen LogP contribution in [0.25, 0.3) is 0 Å². The number of ether oxygens (including phenoxy) is 3. The lowest BCUT2D eigenvalue weighted by Gasteiger charge is -2.33. The van der Waals surface area contributed by atoms with Gasteiger partial charge in [0, 0.05) is 12.6 Å². The Morgan fingerprint density at radius 1 is 0.675 bits per heavy atom. The summed E-state index contributed by atoms with van der Waals surface area (Å²) in [5.41, 5.74) is 3.94. The molecular formula is C35H39NO4. The molecule has 1 fully saturated rings. The molecular weight excluding hydrogens is 498 g/mol. The molecule has 5 nitrogen and oxygen atoms in total. The Morgan fingerprint density at radius 3 is 1.73 bits per heavy atom. The zero-order valence-electron chi connectivity index (χ0n) is 23.0. The van der Waals surface area contributed by atoms with Crippen LogP contribution in [0.15, 0.2) is 121 Å². The fourth-order valence-corrected chi connectivity index (χ4v) is 5.55. The Morgan fingerprint density at radius 2 is 1.18 bits per heavy atom. The van der Waals surface area contributed by atoms with Crippen molar-refractivity contribution in [2.45, 2.75) is 43.9 Å². The SMILES string of the molecule is OC[C@@H](c1ccccc1)N1C[C@@](COCc2ccccc2)(OCc2ccccc2)C[C@H]1COCc1ccccc1. The minimum atomic E-state index is -0.548. The largest absolute Gasteiger partial charge is 0.394 e. The van der Waals surface area contributed by atoms with E-state index in [9.17, 15) is 5.11 Å². The van der Waals surface area contributed by atoms with Crippen LogP contribution in [0.4, 0.5) is 0 Å². The van der Waals surface area contributed by atoms with Crippen molar-refractivity contribution in [3.63, 3.8) is 0 Å². The molecule has 0 spiro atoms. The van der Waals surface area contributed by atoms with Crippen molar-refractivity contribution in [3.05, 3.63) is 144 Å². The highest BCUT2D eigenvalue weighted by Crippen LogP contribution is 2.38. The number of likely N-dealkylation sites (tertiary alicyclic amines) is 1. The zero-order valence-corrected chi connectivity index (χ0v) is 23.0. The van der Waals surface area contributed by atoms with Gasteiger partial charge in [-0.1, -0.05) is 121 Å². The second-order valence-corrected chi connectivity index (χ2v) is 10.6. The van der Waals surface area contributed by atoms with Crippen LogP contribution in [0.2, 0.25) is 0 Å². The van der Waals surface area contributed by atoms with Crippen LogP contribution in [-0.4, -0.2) is 48.0 Å². The Balaban J connectivity index is 1.37. The fourth-order valence-electron chi connectivity index (χ4n) is 5.55. The molecule has 1 aliphatic rings. The molecule has 0 amide bonds. The summed E-state index contributed by atoms with van der Waals surface area (Å²) in [6.45, 7) is 3.20. The molecule has 40 heavy (non-hydrogen) atoms. The third-order valence-electron chi connectivity index (χ3n) is 7.59. The molecule has 208 valence electrons. The lowest BCUT2D eigenvalue weighted by molar-refractivity contribution is -0.105. The molecule has 0 aromatic heterocycles. The molecule has 1 saturated heterocycles. The van der Waals surface area contributed by atoms with E-state index in [-0.39, 0.29) is 18.7 Å². The van der Waals surface area contributed by atoms with Gasteiger partial charge in [-0.15, -0.1) is 0 Å². The Labute approximate surface area is 238 Å². The van der Waals surface area contributed by atoms with Crippen molar-refractivity contribution < 1.29 is 19.3 Å². The van der Waals surface area contributed by atoms with Crippen molar-refractivity contribution in [1.29, 1.82) is 0 Å². The van der Waals surface area contributed by atoms with E-state index >= 15 is 0 Å². The van der Waals surface area contributed by atoms with E-state index in [4.69, 9.17) is 14.2 Å². The van der Waals surface area contributed by atoms with E-state index in [1.807, 2.05) is 72.8 Å². The molecule has 0 bridgehead atoms. The van der Waals surface area contributed by atoms with Gasteiger partial charge >= 0.3 is 0 Å². The first-order valence-electron chi connectivity index (χ1n) is 14.1. The Kier molecular flexibility index (Phi) is 10.1. The predicted molar refractivity (Wildman–Crippen MR) is 158 cm³/mol. The normalized spacial score (nSPS) is 20.0. The fraction of sp³-hybridized carbons (Fsp3) is 0.314. The Bertz CT molecular complexity index is 1260. The standard InChI is InChI=1S/C35H39NO4/c37-22-34(32-19-11-4-12-20-32)36-27-35(40-25-31-17-9-3-10-18-31,28-39-24-30-15-7-2-8-16-30)21-33(36)26-38-23-29-13-5-1-6-14-29/h1-20,33-34,37H,21-28H2/t33-,34-,35-/m0/s1. The summed E-state index contributed by atoms with van der Waals surface area (Å²) in [6.07, 6.45) is 0.743. The molecule has 1 aliphatic heterocycles. The molecule has 4 aromatic rings. The van der Waals surface area contributed by atoms with Crippen molar-refractivity contribution in [3.8, 4) is 0 Å². The van der Waals surface area contributed by atoms with Crippen LogP contribution in [0, 0.1) is 0 Å². The second kappa shape index (κ2) is 14.4. The molecule has 0 radical (unpaired) electrons. The number of hydrogen-bond donors (Lipinski definition) is 1. The van der Waals surface area contributed by atoms with Crippen molar-refractivity contribution >= 4 is 0 Å². The van der Waals surface area contributed by atoms with Gasteiger partial charge in [-0.2, -0.15) is 0 Å². The van der Waals surface area contributed by atoms with E-state index in [0.717, 1.165) is 28.7 Å². The smallest absolute Gasteiger partial charge is 0.106 e. The molecule has 1 N–H and O–H groups in total. The van der Waals surface area contributed by atoms with Gasteiger partial charge < -0.3 is 19.3 Å². The van der Waals surface area contributed by atoms with E-state index in [1.54, 1.807) is 0 Å². The lowest BCUT2D eigenvalue weighted by Crippen LogP contribution is -2.42. The van der Waals surface area contributed by atoms with Crippen LogP contribution in [0.3, 0.4) is 0 Å². The molecule has 0 unspecified atom stereocenters. The average Bonchev–Trinajstić information content (AvgIpc) is 3.37. The molecule has 5 heteroatoms. The minimum Gasteiger partial charge on any atom is -0.394 e. The monoisotopic (exact) mass is 537 g/mol. The van der Waals surface area contributed by atoms with Crippen LogP contribution in [0.5, 0.6) is 0 Å². The van der Waals surface area contributed by atoms with Gasteiger partial charge in [0.1, 0.15) is 5.60 Å². The quantitative estimate of drug-likeness (QED) is 0.208. The summed E-state index contributed by atoms with van der Waals surface area (Å²) >= 11 is 0. The summed E-state index contributed by atoms with van der Waals surface area (Å²) in [6, 6.07) is 40.9. The van der Waals surface area contributed by atoms with Gasteiger partial charge in [-0.05, 0) is 28.7 Å². The third kappa shape index (κ3) is 7.66. The van der Waals surface area contributed by atoms with Crippen LogP contribution < -0.4 is 0 Å². The maximum atomic E-state index is 10.6. The first-order valence-corrected chi connectivity index (χ1v) is 14.1. The molecule has 0 aliphatic carbocycles. The molecule has 4 aromatic carbocycles. The van der Waals surface area contributed by atoms with Gasteiger partial charge in [0.25, 0.3) is 0 Å². The summed E-state index contributed by atoms with van der Waals surface area (Å²) in [5.74, 6) is 0. The second-order valence-electron chi connectivity index (χ2n) is 10.6. The van der Waals surface area contributed by atoms with Gasteiger partial charge in [0.15, 0.2) is 0 Å². The summed E-state index contributed by atoms with van der Waals surface area (Å²) in [7, 11) is 0. The zero-order chi connectivity index (χ0) is 27.5. The first kappa shape index (κ1) is 28.2. The van der Waals surface area contributed by atoms with E-state index in [0.29, 0.717) is 39.6 Å². The van der Waals surface area contributed by atoms with Crippen molar-refractivity contribution in [2.75, 3.05) is 26.4 Å². The van der Waals surface area contributed by atoms with Crippen LogP contribution in [-0.2, 0) is 34.0 Å².